The van der Waals surface area contributed by atoms with Gasteiger partial charge in [-0.3, -0.25) is 9.52 Å². The lowest BCUT2D eigenvalue weighted by atomic mass is 10.0. The van der Waals surface area contributed by atoms with Crippen LogP contribution in [-0.4, -0.2) is 32.4 Å². The first kappa shape index (κ1) is 23.9. The fourth-order valence-electron chi connectivity index (χ4n) is 3.34. The second-order valence-electron chi connectivity index (χ2n) is 7.47. The summed E-state index contributed by atoms with van der Waals surface area (Å²) < 4.78 is 69.1. The van der Waals surface area contributed by atoms with Crippen molar-refractivity contribution in [2.24, 2.45) is 11.8 Å². The van der Waals surface area contributed by atoms with Crippen LogP contribution in [0.5, 0.6) is 5.75 Å². The van der Waals surface area contributed by atoms with Crippen molar-refractivity contribution in [2.75, 3.05) is 16.6 Å². The van der Waals surface area contributed by atoms with E-state index in [1.807, 2.05) is 0 Å². The van der Waals surface area contributed by atoms with Crippen LogP contribution < -0.4 is 14.8 Å². The van der Waals surface area contributed by atoms with Gasteiger partial charge in [0, 0.05) is 11.8 Å². The Labute approximate surface area is 183 Å². The highest BCUT2D eigenvalue weighted by Crippen LogP contribution is 2.37. The first-order valence-electron chi connectivity index (χ1n) is 9.95. The molecule has 3 rings (SSSR count). The van der Waals surface area contributed by atoms with Crippen molar-refractivity contribution in [1.82, 2.24) is 0 Å². The first-order valence-corrected chi connectivity index (χ1v) is 11.4. The smallest absolute Gasteiger partial charge is 0.406 e. The molecule has 1 aliphatic carbocycles. The van der Waals surface area contributed by atoms with Gasteiger partial charge in [-0.1, -0.05) is 13.0 Å². The van der Waals surface area contributed by atoms with Crippen LogP contribution >= 0.6 is 0 Å². The van der Waals surface area contributed by atoms with Gasteiger partial charge in [0.05, 0.1) is 23.1 Å². The molecule has 2 aromatic rings. The number of aryl methyl sites for hydroxylation is 1. The Balaban J connectivity index is 1.79. The Morgan fingerprint density at radius 3 is 2.50 bits per heavy atom. The van der Waals surface area contributed by atoms with E-state index < -0.39 is 28.1 Å². The molecule has 1 saturated carbocycles. The number of rotatable bonds is 9. The zero-order valence-corrected chi connectivity index (χ0v) is 18.0. The molecule has 1 atom stereocenters. The number of hydrogen-bond acceptors (Lipinski definition) is 5. The van der Waals surface area contributed by atoms with Gasteiger partial charge in [-0.15, -0.1) is 13.2 Å². The minimum absolute atomic E-state index is 0.0685. The molecule has 0 radical (unpaired) electrons. The quantitative estimate of drug-likeness (QED) is 0.513. The summed E-state index contributed by atoms with van der Waals surface area (Å²) in [7, 11) is -4.13. The molecular formula is C21H23F3N2O5S. The van der Waals surface area contributed by atoms with Crippen LogP contribution in [0.3, 0.4) is 0 Å². The fraction of sp³-hybridized carbons (Fsp3) is 0.381. The molecule has 2 aromatic carbocycles. The molecule has 0 bridgehead atoms. The van der Waals surface area contributed by atoms with Gasteiger partial charge in [-0.2, -0.15) is 0 Å². The maximum atomic E-state index is 12.9. The fourth-order valence-corrected chi connectivity index (χ4v) is 4.68. The SMILES string of the molecule is CCc1cc(NC(=O)[C@@H](CO)C2CC2)ccc1S(=O)(=O)Nc1cccc(OC(F)(F)F)c1. The topological polar surface area (TPSA) is 105 Å². The van der Waals surface area contributed by atoms with Gasteiger partial charge in [0.1, 0.15) is 5.75 Å². The highest BCUT2D eigenvalue weighted by molar-refractivity contribution is 7.92. The van der Waals surface area contributed by atoms with Crippen molar-refractivity contribution in [3.63, 3.8) is 0 Å². The number of alkyl halides is 3. The van der Waals surface area contributed by atoms with E-state index in [0.29, 0.717) is 17.7 Å². The molecule has 11 heteroatoms. The Morgan fingerprint density at radius 2 is 1.91 bits per heavy atom. The van der Waals surface area contributed by atoms with Gasteiger partial charge in [0.15, 0.2) is 0 Å². The Bertz CT molecular complexity index is 1090. The van der Waals surface area contributed by atoms with Crippen LogP contribution in [0.4, 0.5) is 24.5 Å². The molecule has 0 aliphatic heterocycles. The molecule has 174 valence electrons. The molecule has 0 heterocycles. The number of aliphatic hydroxyl groups is 1. The van der Waals surface area contributed by atoms with Crippen molar-refractivity contribution in [3.05, 3.63) is 48.0 Å². The number of carbonyl (C=O) groups is 1. The van der Waals surface area contributed by atoms with Crippen LogP contribution in [0, 0.1) is 11.8 Å². The van der Waals surface area contributed by atoms with Crippen molar-refractivity contribution in [2.45, 2.75) is 37.4 Å². The molecule has 32 heavy (non-hydrogen) atoms. The van der Waals surface area contributed by atoms with Gasteiger partial charge < -0.3 is 15.2 Å². The number of anilines is 2. The average molecular weight is 472 g/mol. The van der Waals surface area contributed by atoms with Gasteiger partial charge in [-0.25, -0.2) is 8.42 Å². The first-order chi connectivity index (χ1) is 15.0. The molecule has 7 nitrogen and oxygen atoms in total. The summed E-state index contributed by atoms with van der Waals surface area (Å²) >= 11 is 0. The van der Waals surface area contributed by atoms with E-state index in [1.165, 1.54) is 30.3 Å². The Hall–Kier alpha value is -2.79. The van der Waals surface area contributed by atoms with Gasteiger partial charge in [-0.05, 0) is 61.1 Å². The van der Waals surface area contributed by atoms with E-state index in [0.717, 1.165) is 25.0 Å². The Morgan fingerprint density at radius 1 is 1.19 bits per heavy atom. The normalized spacial score (nSPS) is 15.2. The molecule has 1 amide bonds. The number of sulfonamides is 1. The van der Waals surface area contributed by atoms with Gasteiger partial charge >= 0.3 is 6.36 Å². The van der Waals surface area contributed by atoms with Crippen molar-refractivity contribution in [1.29, 1.82) is 0 Å². The second-order valence-corrected chi connectivity index (χ2v) is 9.12. The number of nitrogens with one attached hydrogen (secondary N) is 2. The highest BCUT2D eigenvalue weighted by atomic mass is 32.2. The van der Waals surface area contributed by atoms with Crippen molar-refractivity contribution in [3.8, 4) is 5.75 Å². The summed E-state index contributed by atoms with van der Waals surface area (Å²) in [4.78, 5) is 12.3. The van der Waals surface area contributed by atoms with Crippen LogP contribution in [-0.2, 0) is 21.2 Å². The summed E-state index contributed by atoms with van der Waals surface area (Å²) in [5.41, 5.74) is 0.705. The standard InChI is InChI=1S/C21H23F3N2O5S/c1-2-13-10-15(25-20(28)18(12-27)14-6-7-14)8-9-19(13)32(29,30)26-16-4-3-5-17(11-16)31-21(22,23)24/h3-5,8-11,14,18,26-27H,2,6-7,12H2,1H3,(H,25,28)/t18-/m0/s1. The predicted molar refractivity (Wildman–Crippen MR) is 112 cm³/mol. The van der Waals surface area contributed by atoms with E-state index in [2.05, 4.69) is 14.8 Å². The molecule has 0 spiro atoms. The Kier molecular flexibility index (Phi) is 6.99. The number of halogens is 3. The summed E-state index contributed by atoms with van der Waals surface area (Å²) in [6.45, 7) is 1.48. The van der Waals surface area contributed by atoms with Crippen LogP contribution in [0.25, 0.3) is 0 Å². The van der Waals surface area contributed by atoms with Crippen molar-refractivity contribution >= 4 is 27.3 Å². The highest BCUT2D eigenvalue weighted by Gasteiger charge is 2.35. The number of benzene rings is 2. The largest absolute Gasteiger partial charge is 0.573 e. The van der Waals surface area contributed by atoms with Crippen LogP contribution in [0.2, 0.25) is 0 Å². The van der Waals surface area contributed by atoms with E-state index >= 15 is 0 Å². The average Bonchev–Trinajstić information content (AvgIpc) is 3.52. The lowest BCUT2D eigenvalue weighted by Crippen LogP contribution is -2.27. The lowest BCUT2D eigenvalue weighted by molar-refractivity contribution is -0.274. The zero-order chi connectivity index (χ0) is 23.5. The third-order valence-electron chi connectivity index (χ3n) is 5.04. The monoisotopic (exact) mass is 472 g/mol. The third kappa shape index (κ3) is 6.13. The summed E-state index contributed by atoms with van der Waals surface area (Å²) in [6.07, 6.45) is -2.81. The van der Waals surface area contributed by atoms with Gasteiger partial charge in [0.2, 0.25) is 5.91 Å². The minimum Gasteiger partial charge on any atom is -0.406 e. The van der Waals surface area contributed by atoms with E-state index in [-0.39, 0.29) is 29.0 Å². The molecular weight excluding hydrogens is 449 g/mol. The summed E-state index contributed by atoms with van der Waals surface area (Å²) in [5.74, 6) is -1.23. The second kappa shape index (κ2) is 9.37. The molecule has 1 aliphatic rings. The maximum absolute atomic E-state index is 12.9. The van der Waals surface area contributed by atoms with Gasteiger partial charge in [0.25, 0.3) is 10.0 Å². The predicted octanol–water partition coefficient (Wildman–Crippen LogP) is 3.91. The van der Waals surface area contributed by atoms with Crippen LogP contribution in [0.1, 0.15) is 25.3 Å². The van der Waals surface area contributed by atoms with Crippen LogP contribution in [0.15, 0.2) is 47.4 Å². The summed E-state index contributed by atoms with van der Waals surface area (Å²) in [6, 6.07) is 8.79. The lowest BCUT2D eigenvalue weighted by Gasteiger charge is -2.16. The molecule has 0 aromatic heterocycles. The van der Waals surface area contributed by atoms with E-state index in [4.69, 9.17) is 0 Å². The number of aliphatic hydroxyl groups excluding tert-OH is 1. The minimum atomic E-state index is -4.90. The third-order valence-corrected chi connectivity index (χ3v) is 6.52. The molecule has 0 saturated heterocycles. The number of amides is 1. The zero-order valence-electron chi connectivity index (χ0n) is 17.1. The molecule has 3 N–H and O–H groups in total. The molecule has 1 fully saturated rings. The van der Waals surface area contributed by atoms with Crippen molar-refractivity contribution < 1.29 is 36.2 Å². The summed E-state index contributed by atoms with van der Waals surface area (Å²) in [5, 5.41) is 12.1. The number of carbonyl (C=O) groups excluding carboxylic acids is 1. The molecule has 0 unspecified atom stereocenters. The number of hydrogen-bond donors (Lipinski definition) is 3. The number of ether oxygens (including phenoxy) is 1. The maximum Gasteiger partial charge on any atom is 0.573 e. The van der Waals surface area contributed by atoms with E-state index in [9.17, 15) is 31.5 Å². The van der Waals surface area contributed by atoms with E-state index in [1.54, 1.807) is 6.92 Å².